The maximum Gasteiger partial charge on any atom is 0.291 e. The number of rotatable bonds is 5. The second-order valence-electron chi connectivity index (χ2n) is 4.34. The maximum atomic E-state index is 11.8. The Kier molecular flexibility index (Phi) is 4.06. The molecule has 0 aliphatic carbocycles. The smallest absolute Gasteiger partial charge is 0.291 e. The van der Waals surface area contributed by atoms with Crippen molar-refractivity contribution in [3.63, 3.8) is 0 Å². The van der Waals surface area contributed by atoms with E-state index in [1.54, 1.807) is 12.3 Å². The minimum atomic E-state index is -0.391. The fraction of sp³-hybridized carbons (Fsp3) is 0.500. The van der Waals surface area contributed by atoms with E-state index in [0.717, 1.165) is 5.69 Å². The second kappa shape index (κ2) is 5.75. The summed E-state index contributed by atoms with van der Waals surface area (Å²) in [6.07, 6.45) is 2.43. The molecule has 0 saturated heterocycles. The van der Waals surface area contributed by atoms with Crippen LogP contribution in [0.3, 0.4) is 0 Å². The Morgan fingerprint density at radius 2 is 2.37 bits per heavy atom. The van der Waals surface area contributed by atoms with Crippen LogP contribution in [-0.2, 0) is 0 Å². The third-order valence-electron chi connectivity index (χ3n) is 2.87. The molecule has 0 spiro atoms. The minimum absolute atomic E-state index is 0.0905. The molecule has 0 fully saturated rings. The molecule has 19 heavy (non-hydrogen) atoms. The van der Waals surface area contributed by atoms with Gasteiger partial charge in [-0.05, 0) is 25.8 Å². The molecule has 2 aromatic rings. The number of hydrogen-bond acceptors (Lipinski definition) is 5. The van der Waals surface area contributed by atoms with Crippen LogP contribution in [0.1, 0.15) is 36.1 Å². The molecule has 2 rings (SSSR count). The molecule has 2 heterocycles. The Hall–Kier alpha value is -2.02. The van der Waals surface area contributed by atoms with Gasteiger partial charge in [-0.1, -0.05) is 6.92 Å². The van der Waals surface area contributed by atoms with Crippen LogP contribution in [0, 0.1) is 6.92 Å². The zero-order valence-electron chi connectivity index (χ0n) is 11.0. The van der Waals surface area contributed by atoms with Crippen molar-refractivity contribution in [1.82, 2.24) is 24.9 Å². The zero-order chi connectivity index (χ0) is 13.8. The molecule has 1 atom stereocenters. The van der Waals surface area contributed by atoms with Crippen LogP contribution in [0.2, 0.25) is 0 Å². The Morgan fingerprint density at radius 3 is 3.05 bits per heavy atom. The Balaban J connectivity index is 2.03. The van der Waals surface area contributed by atoms with Crippen molar-refractivity contribution < 1.29 is 9.90 Å². The molecule has 0 aliphatic heterocycles. The van der Waals surface area contributed by atoms with E-state index in [2.05, 4.69) is 20.4 Å². The average molecular weight is 263 g/mol. The molecular weight excluding hydrogens is 246 g/mol. The van der Waals surface area contributed by atoms with E-state index in [0.29, 0.717) is 25.2 Å². The van der Waals surface area contributed by atoms with Gasteiger partial charge in [-0.2, -0.15) is 4.98 Å². The number of hydrogen-bond donors (Lipinski definition) is 2. The summed E-state index contributed by atoms with van der Waals surface area (Å²) in [5.41, 5.74) is 0.859. The monoisotopic (exact) mass is 263 g/mol. The number of aryl methyl sites for hydroxylation is 1. The highest BCUT2D eigenvalue weighted by atomic mass is 16.3. The van der Waals surface area contributed by atoms with Crippen LogP contribution in [0.25, 0.3) is 5.78 Å². The minimum Gasteiger partial charge on any atom is -0.393 e. The van der Waals surface area contributed by atoms with E-state index in [1.165, 1.54) is 4.52 Å². The number of fused-ring (bicyclic) bond motifs is 1. The first kappa shape index (κ1) is 13.4. The van der Waals surface area contributed by atoms with Gasteiger partial charge in [-0.15, -0.1) is 5.10 Å². The number of nitrogens with zero attached hydrogens (tertiary/aromatic N) is 4. The topological polar surface area (TPSA) is 92.4 Å². The number of aliphatic hydroxyl groups is 1. The molecule has 1 amide bonds. The van der Waals surface area contributed by atoms with Crippen molar-refractivity contribution in [2.75, 3.05) is 6.54 Å². The highest BCUT2D eigenvalue weighted by molar-refractivity contribution is 5.90. The lowest BCUT2D eigenvalue weighted by molar-refractivity contribution is 0.0932. The number of aliphatic hydroxyl groups excluding tert-OH is 1. The van der Waals surface area contributed by atoms with Gasteiger partial charge in [0.15, 0.2) is 0 Å². The average Bonchev–Trinajstić information content (AvgIpc) is 2.84. The molecule has 7 nitrogen and oxygen atoms in total. The standard InChI is InChI=1S/C12H17N5O2/c1-3-9(18)5-7-13-11(19)10-15-12-14-6-4-8(2)17(12)16-10/h4,6,9,18H,3,5,7H2,1-2H3,(H,13,19). The SMILES string of the molecule is CCC(O)CCNC(=O)c1nc2nccc(C)n2n1. The van der Waals surface area contributed by atoms with Crippen molar-refractivity contribution >= 4 is 11.7 Å². The first-order chi connectivity index (χ1) is 9.11. The molecule has 2 N–H and O–H groups in total. The predicted molar refractivity (Wildman–Crippen MR) is 68.8 cm³/mol. The summed E-state index contributed by atoms with van der Waals surface area (Å²) in [4.78, 5) is 19.9. The van der Waals surface area contributed by atoms with E-state index in [4.69, 9.17) is 0 Å². The van der Waals surface area contributed by atoms with Gasteiger partial charge in [-0.25, -0.2) is 9.50 Å². The molecule has 102 valence electrons. The van der Waals surface area contributed by atoms with Gasteiger partial charge in [0.05, 0.1) is 6.10 Å². The summed E-state index contributed by atoms with van der Waals surface area (Å²) in [7, 11) is 0. The predicted octanol–water partition coefficient (Wildman–Crippen LogP) is 0.324. The van der Waals surface area contributed by atoms with Gasteiger partial charge in [0, 0.05) is 18.4 Å². The summed E-state index contributed by atoms with van der Waals surface area (Å²) in [6.45, 7) is 4.16. The number of amides is 1. The van der Waals surface area contributed by atoms with Gasteiger partial charge < -0.3 is 10.4 Å². The second-order valence-corrected chi connectivity index (χ2v) is 4.34. The number of nitrogens with one attached hydrogen (secondary N) is 1. The fourth-order valence-electron chi connectivity index (χ4n) is 1.64. The molecule has 1 unspecified atom stereocenters. The van der Waals surface area contributed by atoms with Gasteiger partial charge in [0.1, 0.15) is 0 Å². The number of aromatic nitrogens is 4. The van der Waals surface area contributed by atoms with Crippen LogP contribution < -0.4 is 5.32 Å². The van der Waals surface area contributed by atoms with Gasteiger partial charge in [0.25, 0.3) is 11.7 Å². The zero-order valence-corrected chi connectivity index (χ0v) is 11.0. The molecular formula is C12H17N5O2. The molecule has 0 aliphatic rings. The molecule has 2 aromatic heterocycles. The lowest BCUT2D eigenvalue weighted by atomic mass is 10.2. The molecule has 0 aromatic carbocycles. The number of carbonyl (C=O) groups excluding carboxylic acids is 1. The Bertz CT molecular complexity index is 581. The van der Waals surface area contributed by atoms with E-state index in [9.17, 15) is 9.90 Å². The Labute approximate surface area is 110 Å². The normalized spacial score (nSPS) is 12.6. The summed E-state index contributed by atoms with van der Waals surface area (Å²) >= 11 is 0. The van der Waals surface area contributed by atoms with E-state index in [1.807, 2.05) is 13.8 Å². The quantitative estimate of drug-likeness (QED) is 0.810. The highest BCUT2D eigenvalue weighted by Gasteiger charge is 2.14. The first-order valence-corrected chi connectivity index (χ1v) is 6.26. The maximum absolute atomic E-state index is 11.8. The molecule has 0 radical (unpaired) electrons. The summed E-state index contributed by atoms with van der Waals surface area (Å²) in [6, 6.07) is 1.79. The van der Waals surface area contributed by atoms with Gasteiger partial charge in [0.2, 0.25) is 5.82 Å². The first-order valence-electron chi connectivity index (χ1n) is 6.26. The van der Waals surface area contributed by atoms with Crippen molar-refractivity contribution in [2.24, 2.45) is 0 Å². The van der Waals surface area contributed by atoms with E-state index >= 15 is 0 Å². The number of carbonyl (C=O) groups is 1. The van der Waals surface area contributed by atoms with Crippen molar-refractivity contribution in [1.29, 1.82) is 0 Å². The van der Waals surface area contributed by atoms with Crippen LogP contribution >= 0.6 is 0 Å². The van der Waals surface area contributed by atoms with Crippen LogP contribution in [-0.4, -0.2) is 43.2 Å². The lowest BCUT2D eigenvalue weighted by Gasteiger charge is -2.07. The largest absolute Gasteiger partial charge is 0.393 e. The Morgan fingerprint density at radius 1 is 1.58 bits per heavy atom. The van der Waals surface area contributed by atoms with Gasteiger partial charge >= 0.3 is 0 Å². The van der Waals surface area contributed by atoms with E-state index < -0.39 is 6.10 Å². The van der Waals surface area contributed by atoms with E-state index in [-0.39, 0.29) is 11.7 Å². The van der Waals surface area contributed by atoms with Crippen molar-refractivity contribution in [3.05, 3.63) is 23.8 Å². The molecule has 0 bridgehead atoms. The molecule has 7 heteroatoms. The van der Waals surface area contributed by atoms with Crippen LogP contribution in [0.15, 0.2) is 12.3 Å². The third kappa shape index (κ3) is 3.05. The fourth-order valence-corrected chi connectivity index (χ4v) is 1.64. The highest BCUT2D eigenvalue weighted by Crippen LogP contribution is 2.02. The molecule has 0 saturated carbocycles. The van der Waals surface area contributed by atoms with Crippen LogP contribution in [0.4, 0.5) is 0 Å². The summed E-state index contributed by atoms with van der Waals surface area (Å²) in [5, 5.41) is 16.2. The summed E-state index contributed by atoms with van der Waals surface area (Å²) in [5.74, 6) is 0.139. The van der Waals surface area contributed by atoms with Gasteiger partial charge in [-0.3, -0.25) is 4.79 Å². The lowest BCUT2D eigenvalue weighted by Crippen LogP contribution is -2.28. The van der Waals surface area contributed by atoms with Crippen LogP contribution in [0.5, 0.6) is 0 Å². The third-order valence-corrected chi connectivity index (χ3v) is 2.87. The van der Waals surface area contributed by atoms with Crippen molar-refractivity contribution in [2.45, 2.75) is 32.8 Å². The summed E-state index contributed by atoms with van der Waals surface area (Å²) < 4.78 is 1.52. The van der Waals surface area contributed by atoms with Crippen molar-refractivity contribution in [3.8, 4) is 0 Å².